The SMILES string of the molecule is CN1C(Br)=NC(N=Nc2ccc(NCCc3ccccc3)cc2)N1C. The number of nitrogens with one attached hydrogen (secondary N) is 1. The third-order valence-electron chi connectivity index (χ3n) is 4.03. The summed E-state index contributed by atoms with van der Waals surface area (Å²) >= 11 is 3.39. The Hall–Kier alpha value is -2.25. The molecule has 0 radical (unpaired) electrons. The highest BCUT2D eigenvalue weighted by Crippen LogP contribution is 2.21. The molecule has 1 aliphatic heterocycles. The topological polar surface area (TPSA) is 55.6 Å². The van der Waals surface area contributed by atoms with Crippen LogP contribution >= 0.6 is 15.9 Å². The average Bonchev–Trinajstić information content (AvgIpc) is 2.89. The predicted molar refractivity (Wildman–Crippen MR) is 105 cm³/mol. The number of hydrogen-bond acceptors (Lipinski definition) is 6. The first-order valence-corrected chi connectivity index (χ1v) is 8.91. The zero-order valence-corrected chi connectivity index (χ0v) is 15.9. The van der Waals surface area contributed by atoms with Gasteiger partial charge >= 0.3 is 0 Å². The Morgan fingerprint density at radius 1 is 1.08 bits per heavy atom. The zero-order chi connectivity index (χ0) is 17.6. The summed E-state index contributed by atoms with van der Waals surface area (Å²) in [5.41, 5.74) is 3.22. The zero-order valence-electron chi connectivity index (χ0n) is 14.3. The van der Waals surface area contributed by atoms with Crippen LogP contribution in [0, 0.1) is 0 Å². The highest BCUT2D eigenvalue weighted by molar-refractivity contribution is 9.18. The van der Waals surface area contributed by atoms with Gasteiger partial charge in [0, 0.05) is 26.3 Å². The monoisotopic (exact) mass is 400 g/mol. The highest BCUT2D eigenvalue weighted by Gasteiger charge is 2.26. The van der Waals surface area contributed by atoms with Crippen molar-refractivity contribution in [3.05, 3.63) is 60.2 Å². The summed E-state index contributed by atoms with van der Waals surface area (Å²) in [7, 11) is 3.83. The summed E-state index contributed by atoms with van der Waals surface area (Å²) in [6.45, 7) is 0.896. The van der Waals surface area contributed by atoms with E-state index >= 15 is 0 Å². The van der Waals surface area contributed by atoms with Gasteiger partial charge in [-0.3, -0.25) is 5.01 Å². The molecule has 6 nitrogen and oxygen atoms in total. The molecule has 7 heteroatoms. The normalized spacial score (nSPS) is 18.0. The number of nitrogens with zero attached hydrogens (tertiary/aromatic N) is 5. The molecule has 1 aliphatic rings. The number of hydrogen-bond donors (Lipinski definition) is 1. The number of hydrazine groups is 1. The summed E-state index contributed by atoms with van der Waals surface area (Å²) in [5.74, 6) is 0. The van der Waals surface area contributed by atoms with Gasteiger partial charge in [0.1, 0.15) is 0 Å². The van der Waals surface area contributed by atoms with Gasteiger partial charge in [0.15, 0.2) is 4.74 Å². The molecule has 0 bridgehead atoms. The minimum Gasteiger partial charge on any atom is -0.385 e. The van der Waals surface area contributed by atoms with Crippen molar-refractivity contribution in [2.45, 2.75) is 12.7 Å². The van der Waals surface area contributed by atoms with Crippen molar-refractivity contribution in [1.82, 2.24) is 10.0 Å². The summed E-state index contributed by atoms with van der Waals surface area (Å²) in [5, 5.41) is 15.8. The second-order valence-electron chi connectivity index (χ2n) is 5.77. The van der Waals surface area contributed by atoms with Gasteiger partial charge in [0.05, 0.1) is 5.69 Å². The van der Waals surface area contributed by atoms with E-state index < -0.39 is 0 Å². The molecule has 2 aromatic carbocycles. The van der Waals surface area contributed by atoms with Gasteiger partial charge in [0.2, 0.25) is 6.29 Å². The van der Waals surface area contributed by atoms with Crippen molar-refractivity contribution in [3.63, 3.8) is 0 Å². The van der Waals surface area contributed by atoms with Crippen LogP contribution in [0.15, 0.2) is 69.8 Å². The van der Waals surface area contributed by atoms with Gasteiger partial charge in [0.25, 0.3) is 0 Å². The highest BCUT2D eigenvalue weighted by atomic mass is 79.9. The molecule has 1 heterocycles. The second kappa shape index (κ2) is 8.22. The largest absolute Gasteiger partial charge is 0.385 e. The van der Waals surface area contributed by atoms with Crippen LogP contribution in [-0.2, 0) is 6.42 Å². The van der Waals surface area contributed by atoms with E-state index in [1.165, 1.54) is 5.56 Å². The van der Waals surface area contributed by atoms with Crippen molar-refractivity contribution in [2.75, 3.05) is 26.0 Å². The maximum absolute atomic E-state index is 4.36. The Morgan fingerprint density at radius 2 is 1.80 bits per heavy atom. The molecule has 0 saturated carbocycles. The number of halogens is 1. The number of anilines is 1. The van der Waals surface area contributed by atoms with Gasteiger partial charge in [-0.2, -0.15) is 10.1 Å². The van der Waals surface area contributed by atoms with Crippen molar-refractivity contribution in [2.24, 2.45) is 15.2 Å². The minimum absolute atomic E-state index is 0.331. The Balaban J connectivity index is 1.51. The van der Waals surface area contributed by atoms with Gasteiger partial charge < -0.3 is 5.32 Å². The van der Waals surface area contributed by atoms with Crippen LogP contribution in [0.5, 0.6) is 0 Å². The number of azo groups is 1. The fourth-order valence-electron chi connectivity index (χ4n) is 2.41. The minimum atomic E-state index is -0.331. The third kappa shape index (κ3) is 4.64. The maximum atomic E-state index is 4.36. The molecule has 1 atom stereocenters. The Morgan fingerprint density at radius 3 is 2.44 bits per heavy atom. The molecule has 130 valence electrons. The smallest absolute Gasteiger partial charge is 0.235 e. The van der Waals surface area contributed by atoms with Gasteiger partial charge in [-0.15, -0.1) is 5.11 Å². The van der Waals surface area contributed by atoms with Crippen LogP contribution in [-0.4, -0.2) is 41.7 Å². The molecule has 0 amide bonds. The first-order valence-electron chi connectivity index (χ1n) is 8.12. The number of aliphatic imine (C=N–C) groups is 1. The lowest BCUT2D eigenvalue weighted by molar-refractivity contribution is 0.0863. The van der Waals surface area contributed by atoms with Crippen LogP contribution in [0.3, 0.4) is 0 Å². The Labute approximate surface area is 156 Å². The molecular weight excluding hydrogens is 380 g/mol. The van der Waals surface area contributed by atoms with Crippen LogP contribution < -0.4 is 5.32 Å². The van der Waals surface area contributed by atoms with E-state index in [1.54, 1.807) is 0 Å². The van der Waals surface area contributed by atoms with Gasteiger partial charge in [-0.25, -0.2) is 4.99 Å². The Kier molecular flexibility index (Phi) is 5.78. The summed E-state index contributed by atoms with van der Waals surface area (Å²) < 4.78 is 0.747. The molecule has 0 spiro atoms. The molecule has 1 N–H and O–H groups in total. The molecule has 25 heavy (non-hydrogen) atoms. The number of benzene rings is 2. The molecule has 3 rings (SSSR count). The second-order valence-corrected chi connectivity index (χ2v) is 6.48. The standard InChI is InChI=1S/C18H21BrN6/c1-24-17(19)21-18(25(24)2)23-22-16-10-8-15(9-11-16)20-13-12-14-6-4-3-5-7-14/h3-11,18,20H,12-13H2,1-2H3. The molecule has 1 unspecified atom stereocenters. The molecule has 0 aromatic heterocycles. The molecule has 0 aliphatic carbocycles. The van der Waals surface area contributed by atoms with Crippen molar-refractivity contribution in [1.29, 1.82) is 0 Å². The van der Waals surface area contributed by atoms with E-state index in [0.717, 1.165) is 29.1 Å². The molecular formula is C18H21BrN6. The van der Waals surface area contributed by atoms with Crippen LogP contribution in [0.4, 0.5) is 11.4 Å². The number of amidine groups is 1. The van der Waals surface area contributed by atoms with Crippen molar-refractivity contribution < 1.29 is 0 Å². The Bertz CT molecular complexity index is 744. The fourth-order valence-corrected chi connectivity index (χ4v) is 2.84. The first-order chi connectivity index (χ1) is 12.1. The van der Waals surface area contributed by atoms with E-state index in [1.807, 2.05) is 54.4 Å². The van der Waals surface area contributed by atoms with E-state index in [-0.39, 0.29) is 6.29 Å². The van der Waals surface area contributed by atoms with E-state index in [4.69, 9.17) is 0 Å². The van der Waals surface area contributed by atoms with Gasteiger partial charge in [-0.05, 0) is 52.2 Å². The average molecular weight is 401 g/mol. The van der Waals surface area contributed by atoms with Crippen LogP contribution in [0.2, 0.25) is 0 Å². The number of rotatable bonds is 6. The van der Waals surface area contributed by atoms with E-state index in [9.17, 15) is 0 Å². The predicted octanol–water partition coefficient (Wildman–Crippen LogP) is 4.25. The summed E-state index contributed by atoms with van der Waals surface area (Å²) in [6.07, 6.45) is 0.666. The summed E-state index contributed by atoms with van der Waals surface area (Å²) in [6, 6.07) is 18.4. The van der Waals surface area contributed by atoms with Gasteiger partial charge in [-0.1, -0.05) is 30.3 Å². The van der Waals surface area contributed by atoms with Crippen LogP contribution in [0.25, 0.3) is 0 Å². The quantitative estimate of drug-likeness (QED) is 0.582. The third-order valence-corrected chi connectivity index (χ3v) is 4.74. The lowest BCUT2D eigenvalue weighted by Crippen LogP contribution is -2.36. The molecule has 0 saturated heterocycles. The molecule has 2 aromatic rings. The van der Waals surface area contributed by atoms with Crippen molar-refractivity contribution >= 4 is 32.0 Å². The first kappa shape index (κ1) is 17.6. The van der Waals surface area contributed by atoms with E-state index in [0.29, 0.717) is 0 Å². The fraction of sp³-hybridized carbons (Fsp3) is 0.278. The van der Waals surface area contributed by atoms with Crippen molar-refractivity contribution in [3.8, 4) is 0 Å². The molecule has 0 fully saturated rings. The lowest BCUT2D eigenvalue weighted by Gasteiger charge is -2.21. The van der Waals surface area contributed by atoms with E-state index in [2.05, 4.69) is 60.7 Å². The lowest BCUT2D eigenvalue weighted by atomic mass is 10.1. The summed E-state index contributed by atoms with van der Waals surface area (Å²) in [4.78, 5) is 4.36. The maximum Gasteiger partial charge on any atom is 0.235 e. The van der Waals surface area contributed by atoms with Crippen LogP contribution in [0.1, 0.15) is 5.56 Å².